The van der Waals surface area contributed by atoms with E-state index < -0.39 is 29.3 Å². The van der Waals surface area contributed by atoms with E-state index in [0.29, 0.717) is 17.9 Å². The molecule has 168 valence electrons. The van der Waals surface area contributed by atoms with Gasteiger partial charge in [-0.05, 0) is 67.1 Å². The zero-order valence-corrected chi connectivity index (χ0v) is 18.2. The summed E-state index contributed by atoms with van der Waals surface area (Å²) in [6.45, 7) is 2.18. The Kier molecular flexibility index (Phi) is 6.07. The Hall–Kier alpha value is -3.84. The monoisotopic (exact) mass is 467 g/mol. The number of amides is 1. The Bertz CT molecular complexity index is 1250. The zero-order chi connectivity index (χ0) is 23.7. The van der Waals surface area contributed by atoms with Gasteiger partial charge in [-0.3, -0.25) is 14.5 Å². The first-order chi connectivity index (χ1) is 15.8. The SMILES string of the molecule is CCOc1ccc(Cl)c(/C(O)=C2\C(=O)C(=O)N(c3ccc(F)cc3)C2c2ccc(O)cc2)c1. The van der Waals surface area contributed by atoms with E-state index in [-0.39, 0.29) is 27.6 Å². The third-order valence-corrected chi connectivity index (χ3v) is 5.59. The lowest BCUT2D eigenvalue weighted by Crippen LogP contribution is -2.29. The average molecular weight is 468 g/mol. The van der Waals surface area contributed by atoms with Gasteiger partial charge in [0.2, 0.25) is 0 Å². The lowest BCUT2D eigenvalue weighted by Gasteiger charge is -2.25. The average Bonchev–Trinajstić information content (AvgIpc) is 3.06. The van der Waals surface area contributed by atoms with Crippen LogP contribution in [0.3, 0.4) is 0 Å². The fourth-order valence-corrected chi connectivity index (χ4v) is 3.97. The van der Waals surface area contributed by atoms with Crippen LogP contribution in [0.1, 0.15) is 24.1 Å². The van der Waals surface area contributed by atoms with E-state index >= 15 is 0 Å². The molecule has 0 aliphatic carbocycles. The van der Waals surface area contributed by atoms with E-state index in [9.17, 15) is 24.2 Å². The summed E-state index contributed by atoms with van der Waals surface area (Å²) in [6.07, 6.45) is 0. The predicted molar refractivity (Wildman–Crippen MR) is 122 cm³/mol. The first-order valence-corrected chi connectivity index (χ1v) is 10.5. The van der Waals surface area contributed by atoms with E-state index in [0.717, 1.165) is 0 Å². The maximum atomic E-state index is 13.5. The molecule has 0 spiro atoms. The lowest BCUT2D eigenvalue weighted by atomic mass is 9.95. The molecule has 1 fully saturated rings. The van der Waals surface area contributed by atoms with Gasteiger partial charge in [0.05, 0.1) is 23.2 Å². The summed E-state index contributed by atoms with van der Waals surface area (Å²) in [7, 11) is 0. The molecule has 0 aromatic heterocycles. The van der Waals surface area contributed by atoms with Crippen molar-refractivity contribution in [3.05, 3.63) is 94.3 Å². The number of halogens is 2. The Morgan fingerprint density at radius 3 is 2.36 bits per heavy atom. The normalized spacial score (nSPS) is 17.4. The van der Waals surface area contributed by atoms with Crippen molar-refractivity contribution in [2.45, 2.75) is 13.0 Å². The van der Waals surface area contributed by atoms with Gasteiger partial charge in [0.25, 0.3) is 11.7 Å². The molecule has 1 amide bonds. The van der Waals surface area contributed by atoms with Gasteiger partial charge in [0.15, 0.2) is 0 Å². The first kappa shape index (κ1) is 22.4. The number of phenols is 1. The number of aromatic hydroxyl groups is 1. The van der Waals surface area contributed by atoms with Crippen molar-refractivity contribution in [1.82, 2.24) is 0 Å². The molecule has 1 saturated heterocycles. The smallest absolute Gasteiger partial charge is 0.300 e. The topological polar surface area (TPSA) is 87.1 Å². The van der Waals surface area contributed by atoms with Crippen molar-refractivity contribution in [3.63, 3.8) is 0 Å². The van der Waals surface area contributed by atoms with Crippen molar-refractivity contribution in [2.24, 2.45) is 0 Å². The fourth-order valence-electron chi connectivity index (χ4n) is 3.76. The molecule has 1 unspecified atom stereocenters. The Morgan fingerprint density at radius 2 is 1.73 bits per heavy atom. The Labute approximate surface area is 194 Å². The summed E-state index contributed by atoms with van der Waals surface area (Å²) in [5.41, 5.74) is 0.661. The second-order valence-corrected chi connectivity index (χ2v) is 7.72. The predicted octanol–water partition coefficient (Wildman–Crippen LogP) is 5.21. The molecule has 33 heavy (non-hydrogen) atoms. The number of Topliss-reactive ketones (excluding diaryl/α,β-unsaturated/α-hetero) is 1. The molecule has 1 aliphatic heterocycles. The third kappa shape index (κ3) is 4.15. The van der Waals surface area contributed by atoms with Crippen LogP contribution in [0.15, 0.2) is 72.3 Å². The van der Waals surface area contributed by atoms with Crippen LogP contribution in [-0.4, -0.2) is 28.5 Å². The highest BCUT2D eigenvalue weighted by atomic mass is 35.5. The van der Waals surface area contributed by atoms with Crippen LogP contribution in [-0.2, 0) is 9.59 Å². The molecule has 2 N–H and O–H groups in total. The van der Waals surface area contributed by atoms with Crippen LogP contribution >= 0.6 is 11.6 Å². The number of anilines is 1. The van der Waals surface area contributed by atoms with E-state index in [1.807, 2.05) is 0 Å². The molecule has 3 aromatic carbocycles. The molecule has 1 aliphatic rings. The molecular formula is C25H19ClFNO5. The molecule has 1 atom stereocenters. The van der Waals surface area contributed by atoms with Crippen LogP contribution in [0, 0.1) is 5.82 Å². The second-order valence-electron chi connectivity index (χ2n) is 7.31. The minimum Gasteiger partial charge on any atom is -0.508 e. The van der Waals surface area contributed by atoms with E-state index in [2.05, 4.69) is 0 Å². The number of ketones is 1. The third-order valence-electron chi connectivity index (χ3n) is 5.26. The number of aliphatic hydroxyl groups is 1. The number of aliphatic hydroxyl groups excluding tert-OH is 1. The van der Waals surface area contributed by atoms with Crippen molar-refractivity contribution >= 4 is 34.7 Å². The maximum Gasteiger partial charge on any atom is 0.300 e. The zero-order valence-electron chi connectivity index (χ0n) is 17.5. The van der Waals surface area contributed by atoms with Crippen molar-refractivity contribution in [3.8, 4) is 11.5 Å². The summed E-state index contributed by atoms with van der Waals surface area (Å²) >= 11 is 6.30. The second kappa shape index (κ2) is 8.96. The number of nitrogens with zero attached hydrogens (tertiary/aromatic N) is 1. The highest BCUT2D eigenvalue weighted by molar-refractivity contribution is 6.52. The minimum atomic E-state index is -1.04. The molecule has 0 saturated carbocycles. The number of carbonyl (C=O) groups is 2. The molecule has 6 nitrogen and oxygen atoms in total. The number of hydrogen-bond acceptors (Lipinski definition) is 5. The van der Waals surface area contributed by atoms with Gasteiger partial charge in [-0.2, -0.15) is 0 Å². The van der Waals surface area contributed by atoms with Crippen LogP contribution in [0.5, 0.6) is 11.5 Å². The highest BCUT2D eigenvalue weighted by Crippen LogP contribution is 2.43. The molecule has 0 radical (unpaired) electrons. The highest BCUT2D eigenvalue weighted by Gasteiger charge is 2.47. The number of benzene rings is 3. The van der Waals surface area contributed by atoms with Crippen LogP contribution in [0.2, 0.25) is 5.02 Å². The van der Waals surface area contributed by atoms with Gasteiger partial charge in [-0.25, -0.2) is 4.39 Å². The van der Waals surface area contributed by atoms with Gasteiger partial charge in [0, 0.05) is 11.3 Å². The summed E-state index contributed by atoms with van der Waals surface area (Å²) in [6, 6.07) is 14.6. The number of rotatable bonds is 5. The quantitative estimate of drug-likeness (QED) is 0.305. The standard InChI is InChI=1S/C25H19ClFNO5/c1-2-33-18-11-12-20(26)19(13-18)23(30)21-22(14-3-9-17(29)10-4-14)28(25(32)24(21)31)16-7-5-15(27)6-8-16/h3-13,22,29-30H,2H2,1H3/b23-21+. The molecule has 1 heterocycles. The molecular weight excluding hydrogens is 449 g/mol. The van der Waals surface area contributed by atoms with Gasteiger partial charge < -0.3 is 14.9 Å². The summed E-state index contributed by atoms with van der Waals surface area (Å²) < 4.78 is 19.0. The summed E-state index contributed by atoms with van der Waals surface area (Å²) in [4.78, 5) is 27.4. The van der Waals surface area contributed by atoms with Crippen LogP contribution in [0.25, 0.3) is 5.76 Å². The molecule has 4 rings (SSSR count). The van der Waals surface area contributed by atoms with Crippen LogP contribution in [0.4, 0.5) is 10.1 Å². The van der Waals surface area contributed by atoms with Crippen molar-refractivity contribution < 1.29 is 28.9 Å². The molecule has 3 aromatic rings. The van der Waals surface area contributed by atoms with Gasteiger partial charge in [-0.1, -0.05) is 23.7 Å². The van der Waals surface area contributed by atoms with E-state index in [1.165, 1.54) is 65.6 Å². The lowest BCUT2D eigenvalue weighted by molar-refractivity contribution is -0.132. The van der Waals surface area contributed by atoms with Gasteiger partial charge in [-0.15, -0.1) is 0 Å². The first-order valence-electron chi connectivity index (χ1n) is 10.1. The molecule has 8 heteroatoms. The number of carbonyl (C=O) groups excluding carboxylic acids is 2. The maximum absolute atomic E-state index is 13.5. The molecule has 0 bridgehead atoms. The van der Waals surface area contributed by atoms with Crippen molar-refractivity contribution in [1.29, 1.82) is 0 Å². The van der Waals surface area contributed by atoms with E-state index in [4.69, 9.17) is 16.3 Å². The summed E-state index contributed by atoms with van der Waals surface area (Å²) in [5.74, 6) is -2.37. The largest absolute Gasteiger partial charge is 0.508 e. The Balaban J connectivity index is 1.94. The summed E-state index contributed by atoms with van der Waals surface area (Å²) in [5, 5.41) is 21.1. The minimum absolute atomic E-state index is 0.00931. The van der Waals surface area contributed by atoms with E-state index in [1.54, 1.807) is 13.0 Å². The number of hydrogen-bond donors (Lipinski definition) is 2. The van der Waals surface area contributed by atoms with Gasteiger partial charge in [0.1, 0.15) is 23.1 Å². The number of ether oxygens (including phenoxy) is 1. The fraction of sp³-hybridized carbons (Fsp3) is 0.120. The van der Waals surface area contributed by atoms with Crippen LogP contribution < -0.4 is 9.64 Å². The van der Waals surface area contributed by atoms with Gasteiger partial charge >= 0.3 is 0 Å². The van der Waals surface area contributed by atoms with Crippen molar-refractivity contribution in [2.75, 3.05) is 11.5 Å². The Morgan fingerprint density at radius 1 is 1.06 bits per heavy atom. The number of phenolic OH excluding ortho intramolecular Hbond substituents is 1.